The van der Waals surface area contributed by atoms with Crippen LogP contribution < -0.4 is 0 Å². The molecular formula is C27H44O8. The normalized spacial score (nSPS) is 33.9. The predicted molar refractivity (Wildman–Crippen MR) is 128 cm³/mol. The molecule has 8 nitrogen and oxygen atoms in total. The second-order valence-corrected chi connectivity index (χ2v) is 14.2. The van der Waals surface area contributed by atoms with Gasteiger partial charge in [-0.05, 0) is 57.8 Å². The Morgan fingerprint density at radius 2 is 1.60 bits per heavy atom. The number of ether oxygens (including phenoxy) is 4. The first-order valence-corrected chi connectivity index (χ1v) is 12.6. The van der Waals surface area contributed by atoms with Crippen LogP contribution in [0, 0.1) is 33.5 Å². The van der Waals surface area contributed by atoms with Crippen LogP contribution in [0.25, 0.3) is 0 Å². The van der Waals surface area contributed by atoms with Crippen LogP contribution in [0.15, 0.2) is 0 Å². The molecule has 0 aromatic heterocycles. The van der Waals surface area contributed by atoms with Crippen LogP contribution in [0.1, 0.15) is 88.5 Å². The maximum atomic E-state index is 13.1. The van der Waals surface area contributed by atoms with Crippen LogP contribution in [0.4, 0.5) is 0 Å². The Kier molecular flexibility index (Phi) is 6.95. The highest BCUT2D eigenvalue weighted by atomic mass is 16.7. The van der Waals surface area contributed by atoms with Gasteiger partial charge < -0.3 is 24.1 Å². The topological polar surface area (TPSA) is 108 Å². The summed E-state index contributed by atoms with van der Waals surface area (Å²) in [5, 5.41) is 10.7. The first-order chi connectivity index (χ1) is 15.7. The fourth-order valence-corrected chi connectivity index (χ4v) is 6.15. The molecule has 2 aliphatic carbocycles. The van der Waals surface area contributed by atoms with E-state index in [0.29, 0.717) is 19.3 Å². The molecule has 2 saturated carbocycles. The van der Waals surface area contributed by atoms with Gasteiger partial charge in [0.1, 0.15) is 23.2 Å². The standard InChI is InChI=1S/C27H44O8/c1-23(2,3)14-26(10,24(4,5)6)20(29)32-13-17(28)33-18-15-11-16-19(18)34-21(30)27(16,12-15)22(31)35-25(7,8)9/h15-16,18-19,21,30H,11-14H2,1-10H3. The number of aliphatic hydroxyl groups is 1. The van der Waals surface area contributed by atoms with Crippen LogP contribution in [0.2, 0.25) is 0 Å². The number of fused-ring (bicyclic) bond motifs is 1. The lowest BCUT2D eigenvalue weighted by Gasteiger charge is -2.43. The van der Waals surface area contributed by atoms with Gasteiger partial charge in [0.2, 0.25) is 0 Å². The van der Waals surface area contributed by atoms with E-state index in [9.17, 15) is 19.5 Å². The van der Waals surface area contributed by atoms with Crippen LogP contribution in [-0.4, -0.2) is 53.7 Å². The Hall–Kier alpha value is -1.67. The fraction of sp³-hybridized carbons (Fsp3) is 0.889. The molecule has 8 heteroatoms. The zero-order chi connectivity index (χ0) is 26.8. The average Bonchev–Trinajstić information content (AvgIpc) is 3.25. The predicted octanol–water partition coefficient (Wildman–Crippen LogP) is 4.02. The van der Waals surface area contributed by atoms with Crippen LogP contribution in [0.5, 0.6) is 0 Å². The maximum absolute atomic E-state index is 13.1. The van der Waals surface area contributed by atoms with Crippen molar-refractivity contribution < 1.29 is 38.4 Å². The summed E-state index contributed by atoms with van der Waals surface area (Å²) in [4.78, 5) is 38.8. The molecule has 1 N–H and O–H groups in total. The monoisotopic (exact) mass is 496 g/mol. The van der Waals surface area contributed by atoms with E-state index in [4.69, 9.17) is 18.9 Å². The Balaban J connectivity index is 1.63. The minimum absolute atomic E-state index is 0.105. The molecule has 3 fully saturated rings. The zero-order valence-corrected chi connectivity index (χ0v) is 23.0. The molecule has 35 heavy (non-hydrogen) atoms. The van der Waals surface area contributed by atoms with Gasteiger partial charge in [-0.2, -0.15) is 0 Å². The van der Waals surface area contributed by atoms with Gasteiger partial charge in [0.25, 0.3) is 0 Å². The molecule has 0 aromatic carbocycles. The van der Waals surface area contributed by atoms with Crippen LogP contribution in [0.3, 0.4) is 0 Å². The third kappa shape index (κ3) is 5.10. The number of aliphatic hydroxyl groups excluding tert-OH is 1. The van der Waals surface area contributed by atoms with Crippen molar-refractivity contribution in [2.45, 2.75) is 113 Å². The van der Waals surface area contributed by atoms with Crippen molar-refractivity contribution in [1.82, 2.24) is 0 Å². The van der Waals surface area contributed by atoms with E-state index in [0.717, 1.165) is 0 Å². The summed E-state index contributed by atoms with van der Waals surface area (Å²) in [6.07, 6.45) is -0.949. The third-order valence-electron chi connectivity index (χ3n) is 8.09. The molecule has 7 atom stereocenters. The summed E-state index contributed by atoms with van der Waals surface area (Å²) in [5.41, 5.74) is -3.07. The van der Waals surface area contributed by atoms with Crippen LogP contribution >= 0.6 is 0 Å². The number of hydrogen-bond donors (Lipinski definition) is 1. The van der Waals surface area contributed by atoms with Gasteiger partial charge in [-0.15, -0.1) is 0 Å². The van der Waals surface area contributed by atoms with Crippen molar-refractivity contribution in [2.24, 2.45) is 33.5 Å². The number of carbonyl (C=O) groups excluding carboxylic acids is 3. The molecule has 7 unspecified atom stereocenters. The first kappa shape index (κ1) is 27.9. The molecule has 1 saturated heterocycles. The third-order valence-corrected chi connectivity index (χ3v) is 8.09. The Morgan fingerprint density at radius 1 is 1.00 bits per heavy atom. The first-order valence-electron chi connectivity index (χ1n) is 12.6. The molecule has 200 valence electrons. The van der Waals surface area contributed by atoms with Crippen molar-refractivity contribution in [3.05, 3.63) is 0 Å². The van der Waals surface area contributed by atoms with E-state index in [1.807, 2.05) is 27.7 Å². The lowest BCUT2D eigenvalue weighted by Crippen LogP contribution is -2.48. The van der Waals surface area contributed by atoms with Gasteiger partial charge in [-0.3, -0.25) is 9.59 Å². The highest BCUT2D eigenvalue weighted by Gasteiger charge is 2.74. The quantitative estimate of drug-likeness (QED) is 0.434. The smallest absolute Gasteiger partial charge is 0.344 e. The number of hydrogen-bond acceptors (Lipinski definition) is 8. The van der Waals surface area contributed by atoms with Crippen molar-refractivity contribution in [1.29, 1.82) is 0 Å². The van der Waals surface area contributed by atoms with Gasteiger partial charge >= 0.3 is 17.9 Å². The largest absolute Gasteiger partial charge is 0.459 e. The number of rotatable bonds is 6. The van der Waals surface area contributed by atoms with Crippen LogP contribution in [-0.2, 0) is 33.3 Å². The molecule has 1 aliphatic heterocycles. The molecular weight excluding hydrogens is 452 g/mol. The number of carbonyl (C=O) groups is 3. The highest BCUT2D eigenvalue weighted by Crippen LogP contribution is 2.64. The summed E-state index contributed by atoms with van der Waals surface area (Å²) >= 11 is 0. The Labute approximate surface area is 209 Å². The molecule has 1 heterocycles. The van der Waals surface area contributed by atoms with E-state index >= 15 is 0 Å². The van der Waals surface area contributed by atoms with Gasteiger partial charge in [-0.1, -0.05) is 41.5 Å². The SMILES string of the molecule is CC(C)(C)CC(C)(C(=O)OCC(=O)OC1C2CC3C1OC(O)C3(C(=O)OC(C)(C)C)C2)C(C)(C)C. The molecule has 0 aromatic rings. The van der Waals surface area contributed by atoms with E-state index in [2.05, 4.69) is 20.8 Å². The lowest BCUT2D eigenvalue weighted by molar-refractivity contribution is -0.190. The highest BCUT2D eigenvalue weighted by molar-refractivity contribution is 5.81. The molecule has 3 aliphatic rings. The molecule has 0 spiro atoms. The molecule has 0 amide bonds. The average molecular weight is 497 g/mol. The van der Waals surface area contributed by atoms with Gasteiger partial charge in [0.05, 0.1) is 5.41 Å². The summed E-state index contributed by atoms with van der Waals surface area (Å²) in [6.45, 7) is 18.9. The minimum Gasteiger partial charge on any atom is -0.459 e. The van der Waals surface area contributed by atoms with Crippen molar-refractivity contribution in [3.8, 4) is 0 Å². The Morgan fingerprint density at radius 3 is 2.11 bits per heavy atom. The van der Waals surface area contributed by atoms with Gasteiger partial charge in [0, 0.05) is 11.8 Å². The molecule has 0 radical (unpaired) electrons. The number of esters is 3. The van der Waals surface area contributed by atoms with E-state index in [1.54, 1.807) is 20.8 Å². The van der Waals surface area contributed by atoms with E-state index in [-0.39, 0.29) is 22.7 Å². The van der Waals surface area contributed by atoms with E-state index < -0.39 is 59.4 Å². The maximum Gasteiger partial charge on any atom is 0.344 e. The summed E-state index contributed by atoms with van der Waals surface area (Å²) < 4.78 is 22.5. The minimum atomic E-state index is -1.30. The second kappa shape index (κ2) is 8.72. The summed E-state index contributed by atoms with van der Waals surface area (Å²) in [7, 11) is 0. The van der Waals surface area contributed by atoms with Crippen molar-refractivity contribution >= 4 is 17.9 Å². The van der Waals surface area contributed by atoms with Crippen molar-refractivity contribution in [3.63, 3.8) is 0 Å². The fourth-order valence-electron chi connectivity index (χ4n) is 6.15. The molecule has 3 rings (SSSR count). The van der Waals surface area contributed by atoms with Gasteiger partial charge in [-0.25, -0.2) is 4.79 Å². The van der Waals surface area contributed by atoms with E-state index in [1.165, 1.54) is 0 Å². The second-order valence-electron chi connectivity index (χ2n) is 14.2. The van der Waals surface area contributed by atoms with Gasteiger partial charge in [0.15, 0.2) is 12.9 Å². The van der Waals surface area contributed by atoms with Crippen molar-refractivity contribution in [2.75, 3.05) is 6.61 Å². The lowest BCUT2D eigenvalue weighted by atomic mass is 9.61. The zero-order valence-electron chi connectivity index (χ0n) is 23.0. The summed E-state index contributed by atoms with van der Waals surface area (Å²) in [5.74, 6) is -1.97. The molecule has 2 bridgehead atoms. The summed E-state index contributed by atoms with van der Waals surface area (Å²) in [6, 6.07) is 0. The Bertz CT molecular complexity index is 860.